The Morgan fingerprint density at radius 3 is 2.62 bits per heavy atom. The Hall–Kier alpha value is -1.34. The van der Waals surface area contributed by atoms with Gasteiger partial charge in [0.05, 0.1) is 11.6 Å². The minimum Gasteiger partial charge on any atom is -0.334 e. The van der Waals surface area contributed by atoms with E-state index < -0.39 is 5.54 Å². The van der Waals surface area contributed by atoms with Crippen LogP contribution < -0.4 is 5.32 Å². The summed E-state index contributed by atoms with van der Waals surface area (Å²) in [6, 6.07) is 9.40. The first kappa shape index (κ1) is 11.2. The Morgan fingerprint density at radius 1 is 1.44 bits per heavy atom. The summed E-state index contributed by atoms with van der Waals surface area (Å²) in [6.45, 7) is 0. The van der Waals surface area contributed by atoms with Gasteiger partial charge in [-0.3, -0.25) is 4.79 Å². The lowest BCUT2D eigenvalue weighted by atomic mass is 9.78. The predicted molar refractivity (Wildman–Crippen MR) is 63.8 cm³/mol. The summed E-state index contributed by atoms with van der Waals surface area (Å²) in [5.41, 5.74) is -0.0594. The Balaban J connectivity index is 2.15. The zero-order chi connectivity index (χ0) is 11.6. The molecule has 0 spiro atoms. The first-order valence-corrected chi connectivity index (χ1v) is 5.94. The molecule has 1 aliphatic carbocycles. The van der Waals surface area contributed by atoms with E-state index in [2.05, 4.69) is 27.3 Å². The fourth-order valence-corrected chi connectivity index (χ4v) is 2.19. The smallest absolute Gasteiger partial charge is 0.253 e. The van der Waals surface area contributed by atoms with E-state index in [1.807, 2.05) is 12.1 Å². The Bertz CT molecular complexity index is 460. The van der Waals surface area contributed by atoms with E-state index in [0.29, 0.717) is 5.56 Å². The van der Waals surface area contributed by atoms with Gasteiger partial charge in [0.25, 0.3) is 5.91 Å². The predicted octanol–water partition coefficient (Wildman–Crippen LogP) is 2.63. The molecular formula is C12H11BrN2O. The van der Waals surface area contributed by atoms with E-state index in [4.69, 9.17) is 5.26 Å². The number of nitriles is 1. The third-order valence-corrected chi connectivity index (χ3v) is 3.58. The minimum atomic E-state index is -0.633. The van der Waals surface area contributed by atoms with Gasteiger partial charge >= 0.3 is 0 Å². The molecule has 1 fully saturated rings. The zero-order valence-electron chi connectivity index (χ0n) is 8.66. The van der Waals surface area contributed by atoms with Crippen molar-refractivity contribution in [2.75, 3.05) is 0 Å². The molecule has 1 amide bonds. The van der Waals surface area contributed by atoms with Crippen molar-refractivity contribution in [3.63, 3.8) is 0 Å². The van der Waals surface area contributed by atoms with Crippen molar-refractivity contribution < 1.29 is 4.79 Å². The largest absolute Gasteiger partial charge is 0.334 e. The van der Waals surface area contributed by atoms with Crippen LogP contribution in [0.15, 0.2) is 28.7 Å². The first-order valence-electron chi connectivity index (χ1n) is 5.15. The molecule has 0 radical (unpaired) electrons. The zero-order valence-corrected chi connectivity index (χ0v) is 10.3. The topological polar surface area (TPSA) is 52.9 Å². The minimum absolute atomic E-state index is 0.186. The number of carbonyl (C=O) groups is 1. The van der Waals surface area contributed by atoms with Gasteiger partial charge in [-0.05, 0) is 47.3 Å². The fourth-order valence-electron chi connectivity index (χ4n) is 1.73. The number of hydrogen-bond donors (Lipinski definition) is 1. The fraction of sp³-hybridized carbons (Fsp3) is 0.333. The number of halogens is 1. The number of carbonyl (C=O) groups excluding carboxylic acids is 1. The quantitative estimate of drug-likeness (QED) is 0.904. The molecule has 1 saturated carbocycles. The molecule has 1 aliphatic rings. The summed E-state index contributed by atoms with van der Waals surface area (Å²) in [5.74, 6) is -0.186. The Morgan fingerprint density at radius 2 is 2.12 bits per heavy atom. The number of benzene rings is 1. The third kappa shape index (κ3) is 1.96. The second-order valence-corrected chi connectivity index (χ2v) is 4.84. The summed E-state index contributed by atoms with van der Waals surface area (Å²) in [4.78, 5) is 11.9. The normalized spacial score (nSPS) is 17.0. The van der Waals surface area contributed by atoms with Crippen LogP contribution in [0, 0.1) is 11.3 Å². The number of nitrogens with one attached hydrogen (secondary N) is 1. The van der Waals surface area contributed by atoms with Gasteiger partial charge < -0.3 is 5.32 Å². The number of rotatable bonds is 2. The molecule has 1 aromatic rings. The third-order valence-electron chi connectivity index (χ3n) is 2.89. The molecule has 0 aromatic heterocycles. The summed E-state index contributed by atoms with van der Waals surface area (Å²) >= 11 is 3.32. The maximum Gasteiger partial charge on any atom is 0.253 e. The molecule has 0 unspecified atom stereocenters. The highest BCUT2D eigenvalue weighted by Gasteiger charge is 2.38. The standard InChI is InChI=1S/C12H11BrN2O/c13-10-5-2-1-4-9(10)11(16)15-12(8-14)6-3-7-12/h1-2,4-5H,3,6-7H2,(H,15,16). The summed E-state index contributed by atoms with van der Waals surface area (Å²) in [6.07, 6.45) is 2.50. The van der Waals surface area contributed by atoms with E-state index in [0.717, 1.165) is 23.7 Å². The van der Waals surface area contributed by atoms with E-state index in [-0.39, 0.29) is 5.91 Å². The molecule has 82 valence electrons. The van der Waals surface area contributed by atoms with Crippen LogP contribution in [0.4, 0.5) is 0 Å². The molecule has 4 heteroatoms. The van der Waals surface area contributed by atoms with Crippen LogP contribution >= 0.6 is 15.9 Å². The Kier molecular flexibility index (Phi) is 2.97. The van der Waals surface area contributed by atoms with Gasteiger partial charge in [0.1, 0.15) is 5.54 Å². The Labute approximate surface area is 103 Å². The summed E-state index contributed by atoms with van der Waals surface area (Å²) < 4.78 is 0.750. The molecule has 0 bridgehead atoms. The van der Waals surface area contributed by atoms with Crippen LogP contribution in [0.5, 0.6) is 0 Å². The van der Waals surface area contributed by atoms with Crippen molar-refractivity contribution in [3.05, 3.63) is 34.3 Å². The van der Waals surface area contributed by atoms with Crippen molar-refractivity contribution in [2.45, 2.75) is 24.8 Å². The maximum atomic E-state index is 11.9. The highest BCUT2D eigenvalue weighted by molar-refractivity contribution is 9.10. The van der Waals surface area contributed by atoms with Crippen molar-refractivity contribution >= 4 is 21.8 Å². The molecule has 16 heavy (non-hydrogen) atoms. The van der Waals surface area contributed by atoms with E-state index in [1.165, 1.54) is 0 Å². The van der Waals surface area contributed by atoms with Crippen molar-refractivity contribution in [2.24, 2.45) is 0 Å². The average Bonchev–Trinajstić information content (AvgIpc) is 2.24. The second-order valence-electron chi connectivity index (χ2n) is 3.98. The van der Waals surface area contributed by atoms with Crippen LogP contribution in [0.1, 0.15) is 29.6 Å². The average molecular weight is 279 g/mol. The highest BCUT2D eigenvalue weighted by Crippen LogP contribution is 2.31. The van der Waals surface area contributed by atoms with Gasteiger partial charge in [0, 0.05) is 4.47 Å². The van der Waals surface area contributed by atoms with Crippen LogP contribution in [0.25, 0.3) is 0 Å². The monoisotopic (exact) mass is 278 g/mol. The van der Waals surface area contributed by atoms with Crippen molar-refractivity contribution in [1.82, 2.24) is 5.32 Å². The summed E-state index contributed by atoms with van der Waals surface area (Å²) in [7, 11) is 0. The van der Waals surface area contributed by atoms with E-state index in [1.54, 1.807) is 12.1 Å². The molecule has 1 N–H and O–H groups in total. The second kappa shape index (κ2) is 4.26. The molecule has 0 atom stereocenters. The number of nitrogens with zero attached hydrogens (tertiary/aromatic N) is 1. The molecule has 0 aliphatic heterocycles. The number of amides is 1. The lowest BCUT2D eigenvalue weighted by Crippen LogP contribution is -2.52. The molecule has 1 aromatic carbocycles. The molecule has 0 saturated heterocycles. The van der Waals surface area contributed by atoms with Gasteiger partial charge in [0.15, 0.2) is 0 Å². The summed E-state index contributed by atoms with van der Waals surface area (Å²) in [5, 5.41) is 11.8. The molecule has 3 nitrogen and oxygen atoms in total. The van der Waals surface area contributed by atoms with Gasteiger partial charge in [-0.15, -0.1) is 0 Å². The van der Waals surface area contributed by atoms with Gasteiger partial charge in [-0.25, -0.2) is 0 Å². The maximum absolute atomic E-state index is 11.9. The lowest BCUT2D eigenvalue weighted by Gasteiger charge is -2.35. The van der Waals surface area contributed by atoms with Crippen molar-refractivity contribution in [1.29, 1.82) is 5.26 Å². The van der Waals surface area contributed by atoms with Crippen LogP contribution in [0.2, 0.25) is 0 Å². The van der Waals surface area contributed by atoms with Crippen molar-refractivity contribution in [3.8, 4) is 6.07 Å². The van der Waals surface area contributed by atoms with Crippen LogP contribution in [-0.4, -0.2) is 11.4 Å². The van der Waals surface area contributed by atoms with Gasteiger partial charge in [0.2, 0.25) is 0 Å². The van der Waals surface area contributed by atoms with Gasteiger partial charge in [-0.2, -0.15) is 5.26 Å². The van der Waals surface area contributed by atoms with E-state index in [9.17, 15) is 4.79 Å². The number of hydrogen-bond acceptors (Lipinski definition) is 2. The molecule has 2 rings (SSSR count). The SMILES string of the molecule is N#CC1(NC(=O)c2ccccc2Br)CCC1. The van der Waals surface area contributed by atoms with Crippen LogP contribution in [-0.2, 0) is 0 Å². The first-order chi connectivity index (χ1) is 7.67. The van der Waals surface area contributed by atoms with Gasteiger partial charge in [-0.1, -0.05) is 12.1 Å². The van der Waals surface area contributed by atoms with Crippen LogP contribution in [0.3, 0.4) is 0 Å². The lowest BCUT2D eigenvalue weighted by molar-refractivity contribution is 0.0880. The molecule has 0 heterocycles. The highest BCUT2D eigenvalue weighted by atomic mass is 79.9. The van der Waals surface area contributed by atoms with E-state index >= 15 is 0 Å². The molecular weight excluding hydrogens is 268 g/mol.